The molecule has 0 spiro atoms. The first-order valence-corrected chi connectivity index (χ1v) is 5.30. The summed E-state index contributed by atoms with van der Waals surface area (Å²) in [6.45, 7) is 4.94. The summed E-state index contributed by atoms with van der Waals surface area (Å²) in [7, 11) is 0.868. The molecule has 0 aromatic rings. The second kappa shape index (κ2) is 10.1. The lowest BCUT2D eigenvalue weighted by Gasteiger charge is -2.02. The summed E-state index contributed by atoms with van der Waals surface area (Å²) < 4.78 is 10.4. The molecule has 0 aliphatic carbocycles. The summed E-state index contributed by atoms with van der Waals surface area (Å²) in [5.74, 6) is 0. The summed E-state index contributed by atoms with van der Waals surface area (Å²) in [6, 6.07) is 0. The largest absolute Gasteiger partial charge is 0.428 e. The van der Waals surface area contributed by atoms with Gasteiger partial charge in [-0.15, -0.1) is 0 Å². The van der Waals surface area contributed by atoms with Crippen LogP contribution in [0.25, 0.3) is 0 Å². The number of hydrogen-bond acceptors (Lipinski definition) is 2. The molecule has 68 valence electrons. The van der Waals surface area contributed by atoms with Gasteiger partial charge >= 0.3 is 0 Å². The van der Waals surface area contributed by atoms with Gasteiger partial charge in [-0.1, -0.05) is 13.3 Å². The molecule has 0 amide bonds. The fourth-order valence-electron chi connectivity index (χ4n) is 0.799. The molecular weight excluding hydrogens is 156 g/mol. The van der Waals surface area contributed by atoms with Crippen molar-refractivity contribution in [1.82, 2.24) is 0 Å². The molecule has 0 N–H and O–H groups in total. The van der Waals surface area contributed by atoms with Gasteiger partial charge in [0.05, 0.1) is 0 Å². The number of hydrogen-bond donors (Lipinski definition) is 0. The molecule has 0 aliphatic rings. The molecule has 11 heavy (non-hydrogen) atoms. The zero-order chi connectivity index (χ0) is 8.36. The lowest BCUT2D eigenvalue weighted by Crippen LogP contribution is -1.98. The predicted molar refractivity (Wildman–Crippen MR) is 50.9 cm³/mol. The van der Waals surface area contributed by atoms with Crippen molar-refractivity contribution >= 4 is 10.5 Å². The molecular formula is C8H20O2Si. The molecule has 0 saturated carbocycles. The lowest BCUT2D eigenvalue weighted by atomic mass is 10.3. The average molecular weight is 176 g/mol. The van der Waals surface area contributed by atoms with Crippen molar-refractivity contribution in [2.75, 3.05) is 19.8 Å². The molecule has 2 nitrogen and oxygen atoms in total. The van der Waals surface area contributed by atoms with Gasteiger partial charge in [-0.2, -0.15) is 0 Å². The van der Waals surface area contributed by atoms with Crippen molar-refractivity contribution in [1.29, 1.82) is 0 Å². The zero-order valence-electron chi connectivity index (χ0n) is 7.77. The first-order valence-electron chi connectivity index (χ1n) is 4.48. The average Bonchev–Trinajstić information content (AvgIpc) is 2.03. The van der Waals surface area contributed by atoms with Crippen LogP contribution in [0, 0.1) is 0 Å². The molecule has 0 aromatic carbocycles. The van der Waals surface area contributed by atoms with E-state index in [9.17, 15) is 0 Å². The molecule has 0 aliphatic heterocycles. The van der Waals surface area contributed by atoms with E-state index in [1.165, 1.54) is 12.8 Å². The zero-order valence-corrected chi connectivity index (χ0v) is 9.77. The highest BCUT2D eigenvalue weighted by Crippen LogP contribution is 1.92. The van der Waals surface area contributed by atoms with Crippen LogP contribution in [0.4, 0.5) is 0 Å². The Kier molecular flexibility index (Phi) is 10.3. The van der Waals surface area contributed by atoms with Crippen LogP contribution in [-0.4, -0.2) is 30.3 Å². The van der Waals surface area contributed by atoms with Crippen LogP contribution in [0.15, 0.2) is 0 Å². The third-order valence-electron chi connectivity index (χ3n) is 1.53. The van der Waals surface area contributed by atoms with E-state index in [0.717, 1.165) is 43.1 Å². The quantitative estimate of drug-likeness (QED) is 0.404. The molecule has 0 unspecified atom stereocenters. The fraction of sp³-hybridized carbons (Fsp3) is 1.00. The molecule has 0 heterocycles. The van der Waals surface area contributed by atoms with Crippen molar-refractivity contribution in [3.05, 3.63) is 0 Å². The summed E-state index contributed by atoms with van der Waals surface area (Å²) in [5.41, 5.74) is 0. The first-order chi connectivity index (χ1) is 5.41. The van der Waals surface area contributed by atoms with E-state index in [2.05, 4.69) is 6.92 Å². The van der Waals surface area contributed by atoms with Gasteiger partial charge in [0.1, 0.15) is 10.5 Å². The van der Waals surface area contributed by atoms with E-state index in [1.54, 1.807) is 0 Å². The van der Waals surface area contributed by atoms with Gasteiger partial charge in [0.15, 0.2) is 0 Å². The van der Waals surface area contributed by atoms with Gasteiger partial charge < -0.3 is 9.16 Å². The van der Waals surface area contributed by atoms with Crippen LogP contribution in [-0.2, 0) is 9.16 Å². The number of rotatable bonds is 8. The lowest BCUT2D eigenvalue weighted by molar-refractivity contribution is 0.124. The van der Waals surface area contributed by atoms with Gasteiger partial charge in [-0.3, -0.25) is 0 Å². The molecule has 0 rings (SSSR count). The Bertz CT molecular complexity index is 61.1. The van der Waals surface area contributed by atoms with Gasteiger partial charge in [-0.25, -0.2) is 0 Å². The van der Waals surface area contributed by atoms with Crippen molar-refractivity contribution in [2.45, 2.75) is 32.6 Å². The van der Waals surface area contributed by atoms with Crippen LogP contribution < -0.4 is 0 Å². The minimum absolute atomic E-state index is 0.868. The first kappa shape index (κ1) is 11.1. The third-order valence-corrected chi connectivity index (χ3v) is 1.94. The van der Waals surface area contributed by atoms with Crippen molar-refractivity contribution in [3.8, 4) is 0 Å². The Hall–Kier alpha value is 0.137. The monoisotopic (exact) mass is 176 g/mol. The highest BCUT2D eigenvalue weighted by atomic mass is 28.2. The maximum atomic E-state index is 5.38. The summed E-state index contributed by atoms with van der Waals surface area (Å²) in [6.07, 6.45) is 4.71. The topological polar surface area (TPSA) is 18.5 Å². The predicted octanol–water partition coefficient (Wildman–Crippen LogP) is 0.880. The van der Waals surface area contributed by atoms with E-state index in [0.29, 0.717) is 0 Å². The number of ether oxygens (including phenoxy) is 1. The highest BCUT2D eigenvalue weighted by Gasteiger charge is 1.88. The Labute approximate surface area is 72.8 Å². The van der Waals surface area contributed by atoms with Gasteiger partial charge in [0.25, 0.3) is 0 Å². The minimum Gasteiger partial charge on any atom is -0.428 e. The van der Waals surface area contributed by atoms with E-state index in [1.807, 2.05) is 0 Å². The molecule has 3 heteroatoms. The molecule has 0 bridgehead atoms. The molecule has 0 aromatic heterocycles. The fourth-order valence-corrected chi connectivity index (χ4v) is 1.09. The Morgan fingerprint density at radius 3 is 2.27 bits per heavy atom. The van der Waals surface area contributed by atoms with Gasteiger partial charge in [-0.05, 0) is 19.3 Å². The smallest absolute Gasteiger partial charge is 0.145 e. The second-order valence-corrected chi connectivity index (χ2v) is 3.24. The summed E-state index contributed by atoms with van der Waals surface area (Å²) >= 11 is 0. The Morgan fingerprint density at radius 1 is 1.00 bits per heavy atom. The SMILES string of the molecule is CCCCOCCCCO[SiH3]. The molecule has 0 radical (unpaired) electrons. The minimum atomic E-state index is 0.868. The maximum absolute atomic E-state index is 5.38. The van der Waals surface area contributed by atoms with Crippen molar-refractivity contribution in [2.24, 2.45) is 0 Å². The van der Waals surface area contributed by atoms with Crippen LogP contribution in [0.1, 0.15) is 32.6 Å². The molecule has 0 saturated heterocycles. The van der Waals surface area contributed by atoms with Crippen molar-refractivity contribution in [3.63, 3.8) is 0 Å². The molecule has 0 fully saturated rings. The Morgan fingerprint density at radius 2 is 1.64 bits per heavy atom. The van der Waals surface area contributed by atoms with Crippen LogP contribution in [0.3, 0.4) is 0 Å². The van der Waals surface area contributed by atoms with E-state index in [4.69, 9.17) is 9.16 Å². The molecule has 0 atom stereocenters. The second-order valence-electron chi connectivity index (χ2n) is 2.67. The maximum Gasteiger partial charge on any atom is 0.145 e. The van der Waals surface area contributed by atoms with Crippen LogP contribution in [0.5, 0.6) is 0 Å². The van der Waals surface area contributed by atoms with Crippen LogP contribution >= 0.6 is 0 Å². The summed E-state index contributed by atoms with van der Waals surface area (Å²) in [5, 5.41) is 0. The Balaban J connectivity index is 2.69. The van der Waals surface area contributed by atoms with E-state index < -0.39 is 0 Å². The standard InChI is InChI=1S/C8H20O2Si/c1-2-3-6-9-7-4-5-8-10-11/h2-8H2,1,11H3. The van der Waals surface area contributed by atoms with Gasteiger partial charge in [0, 0.05) is 19.8 Å². The number of unbranched alkanes of at least 4 members (excludes halogenated alkanes) is 2. The van der Waals surface area contributed by atoms with E-state index >= 15 is 0 Å². The van der Waals surface area contributed by atoms with E-state index in [-0.39, 0.29) is 0 Å². The summed E-state index contributed by atoms with van der Waals surface area (Å²) in [4.78, 5) is 0. The van der Waals surface area contributed by atoms with Crippen molar-refractivity contribution < 1.29 is 9.16 Å². The third kappa shape index (κ3) is 10.1. The van der Waals surface area contributed by atoms with Crippen LogP contribution in [0.2, 0.25) is 0 Å². The normalized spacial score (nSPS) is 10.6. The van der Waals surface area contributed by atoms with Gasteiger partial charge in [0.2, 0.25) is 0 Å². The highest BCUT2D eigenvalue weighted by molar-refractivity contribution is 5.97.